The van der Waals surface area contributed by atoms with Crippen LogP contribution >= 0.6 is 0 Å². The van der Waals surface area contributed by atoms with E-state index >= 15 is 0 Å². The van der Waals surface area contributed by atoms with Gasteiger partial charge in [-0.25, -0.2) is 0 Å². The van der Waals surface area contributed by atoms with Gasteiger partial charge in [-0.3, -0.25) is 4.79 Å². The van der Waals surface area contributed by atoms with Crippen molar-refractivity contribution in [1.29, 1.82) is 0 Å². The van der Waals surface area contributed by atoms with Crippen LogP contribution in [-0.4, -0.2) is 37.3 Å². The molecule has 1 aliphatic carbocycles. The molecule has 144 valence electrons. The molecule has 3 rings (SSSR count). The fourth-order valence-electron chi connectivity index (χ4n) is 4.02. The molecule has 26 heavy (non-hydrogen) atoms. The maximum absolute atomic E-state index is 12.6. The minimum atomic E-state index is -0.0591. The highest BCUT2D eigenvalue weighted by Gasteiger charge is 2.38. The maximum Gasteiger partial charge on any atom is 0.241 e. The lowest BCUT2D eigenvalue weighted by atomic mass is 9.85. The van der Waals surface area contributed by atoms with Gasteiger partial charge in [0.2, 0.25) is 5.91 Å². The van der Waals surface area contributed by atoms with E-state index in [1.54, 1.807) is 0 Å². The molecule has 5 heteroatoms. The largest absolute Gasteiger partial charge is 0.376 e. The third kappa shape index (κ3) is 5.53. The van der Waals surface area contributed by atoms with Crippen LogP contribution in [0.2, 0.25) is 0 Å². The van der Waals surface area contributed by atoms with Crippen LogP contribution in [0.4, 0.5) is 5.69 Å². The topological polar surface area (TPSA) is 59.6 Å². The summed E-state index contributed by atoms with van der Waals surface area (Å²) in [5, 5.41) is 6.60. The van der Waals surface area contributed by atoms with Crippen LogP contribution < -0.4 is 10.6 Å². The lowest BCUT2D eigenvalue weighted by Gasteiger charge is -2.24. The lowest BCUT2D eigenvalue weighted by Crippen LogP contribution is -2.39. The first-order valence-corrected chi connectivity index (χ1v) is 9.97. The van der Waals surface area contributed by atoms with E-state index in [4.69, 9.17) is 9.47 Å². The Bertz CT molecular complexity index is 576. The first-order valence-electron chi connectivity index (χ1n) is 9.97. The van der Waals surface area contributed by atoms with Crippen molar-refractivity contribution in [2.75, 3.05) is 18.5 Å². The molecule has 0 spiro atoms. The molecule has 2 aliphatic rings. The molecule has 1 saturated carbocycles. The molecule has 0 bridgehead atoms. The summed E-state index contributed by atoms with van der Waals surface area (Å²) in [6, 6.07) is 8.37. The van der Waals surface area contributed by atoms with Crippen LogP contribution in [-0.2, 0) is 20.9 Å². The van der Waals surface area contributed by atoms with Crippen molar-refractivity contribution in [3.05, 3.63) is 29.8 Å². The number of carbonyl (C=O) groups is 1. The number of benzene rings is 1. The summed E-state index contributed by atoms with van der Waals surface area (Å²) < 4.78 is 11.1. The molecule has 1 aliphatic heterocycles. The minimum absolute atomic E-state index is 0.0591. The summed E-state index contributed by atoms with van der Waals surface area (Å²) in [6.45, 7) is 5.73. The van der Waals surface area contributed by atoms with Gasteiger partial charge in [-0.2, -0.15) is 0 Å². The zero-order valence-corrected chi connectivity index (χ0v) is 16.0. The zero-order valence-electron chi connectivity index (χ0n) is 16.0. The summed E-state index contributed by atoms with van der Waals surface area (Å²) in [7, 11) is 0. The van der Waals surface area contributed by atoms with Crippen LogP contribution in [0, 0.1) is 5.92 Å². The van der Waals surface area contributed by atoms with Crippen molar-refractivity contribution < 1.29 is 14.3 Å². The molecule has 1 saturated heterocycles. The van der Waals surface area contributed by atoms with Crippen molar-refractivity contribution in [3.63, 3.8) is 0 Å². The summed E-state index contributed by atoms with van der Waals surface area (Å²) >= 11 is 0. The maximum atomic E-state index is 12.6. The number of nitrogens with one attached hydrogen (secondary N) is 2. The Kier molecular flexibility index (Phi) is 7.06. The number of anilines is 1. The summed E-state index contributed by atoms with van der Waals surface area (Å²) in [4.78, 5) is 12.6. The van der Waals surface area contributed by atoms with Crippen molar-refractivity contribution in [1.82, 2.24) is 5.32 Å². The number of rotatable bonds is 8. The van der Waals surface area contributed by atoms with Crippen LogP contribution in [0.1, 0.15) is 51.5 Å². The molecular formula is C21H32N2O3. The standard InChI is InChI=1S/C21H32N2O3/c1-15(2)26-11-10-25-14-16-6-5-8-18(12-16)22-21(24)20-13-17-7-3-4-9-19(17)23-20/h5-6,8,12,15,17,19-20,23H,3-4,7,9-11,13-14H2,1-2H3,(H,22,24). The van der Waals surface area contributed by atoms with E-state index in [0.717, 1.165) is 17.7 Å². The first-order chi connectivity index (χ1) is 12.6. The Morgan fingerprint density at radius 2 is 2.12 bits per heavy atom. The third-order valence-corrected chi connectivity index (χ3v) is 5.32. The van der Waals surface area contributed by atoms with E-state index in [2.05, 4.69) is 10.6 Å². The van der Waals surface area contributed by atoms with E-state index in [9.17, 15) is 4.79 Å². The van der Waals surface area contributed by atoms with Gasteiger partial charge in [-0.1, -0.05) is 25.0 Å². The van der Waals surface area contributed by atoms with Crippen molar-refractivity contribution in [2.45, 2.75) is 70.7 Å². The van der Waals surface area contributed by atoms with Gasteiger partial charge in [0.25, 0.3) is 0 Å². The average Bonchev–Trinajstić information content (AvgIpc) is 3.06. The number of hydrogen-bond donors (Lipinski definition) is 2. The van der Waals surface area contributed by atoms with E-state index < -0.39 is 0 Å². The van der Waals surface area contributed by atoms with Crippen LogP contribution in [0.5, 0.6) is 0 Å². The number of hydrogen-bond acceptors (Lipinski definition) is 4. The predicted molar refractivity (Wildman–Crippen MR) is 103 cm³/mol. The van der Waals surface area contributed by atoms with Gasteiger partial charge in [0.15, 0.2) is 0 Å². The molecule has 3 unspecified atom stereocenters. The second kappa shape index (κ2) is 9.49. The summed E-state index contributed by atoms with van der Waals surface area (Å²) in [5.74, 6) is 0.759. The van der Waals surface area contributed by atoms with Gasteiger partial charge in [0.05, 0.1) is 32.0 Å². The zero-order chi connectivity index (χ0) is 18.4. The van der Waals surface area contributed by atoms with Crippen molar-refractivity contribution in [2.24, 2.45) is 5.92 Å². The molecule has 1 aromatic carbocycles. The molecule has 0 radical (unpaired) electrons. The number of carbonyl (C=O) groups excluding carboxylic acids is 1. The Morgan fingerprint density at radius 3 is 2.92 bits per heavy atom. The smallest absolute Gasteiger partial charge is 0.241 e. The quantitative estimate of drug-likeness (QED) is 0.697. The molecule has 2 fully saturated rings. The number of ether oxygens (including phenoxy) is 2. The van der Waals surface area contributed by atoms with Gasteiger partial charge in [-0.05, 0) is 56.7 Å². The van der Waals surface area contributed by atoms with E-state index in [1.165, 1.54) is 25.7 Å². The Balaban J connectivity index is 1.45. The second-order valence-electron chi connectivity index (χ2n) is 7.77. The first kappa shape index (κ1) is 19.3. The van der Waals surface area contributed by atoms with Gasteiger partial charge in [0.1, 0.15) is 0 Å². The summed E-state index contributed by atoms with van der Waals surface area (Å²) in [5.41, 5.74) is 1.89. The van der Waals surface area contributed by atoms with Gasteiger partial charge in [-0.15, -0.1) is 0 Å². The molecule has 3 atom stereocenters. The van der Waals surface area contributed by atoms with E-state index in [-0.39, 0.29) is 18.1 Å². The normalized spacial score (nSPS) is 25.3. The predicted octanol–water partition coefficient (Wildman–Crippen LogP) is 3.49. The molecule has 1 amide bonds. The highest BCUT2D eigenvalue weighted by molar-refractivity contribution is 5.95. The Morgan fingerprint density at radius 1 is 1.27 bits per heavy atom. The summed E-state index contributed by atoms with van der Waals surface area (Å²) in [6.07, 6.45) is 6.25. The molecular weight excluding hydrogens is 328 g/mol. The average molecular weight is 360 g/mol. The second-order valence-corrected chi connectivity index (χ2v) is 7.77. The van der Waals surface area contributed by atoms with E-state index in [1.807, 2.05) is 38.1 Å². The molecule has 5 nitrogen and oxygen atoms in total. The van der Waals surface area contributed by atoms with Crippen LogP contribution in [0.3, 0.4) is 0 Å². The fraction of sp³-hybridized carbons (Fsp3) is 0.667. The van der Waals surface area contributed by atoms with Gasteiger partial charge >= 0.3 is 0 Å². The van der Waals surface area contributed by atoms with Crippen molar-refractivity contribution in [3.8, 4) is 0 Å². The van der Waals surface area contributed by atoms with Crippen LogP contribution in [0.25, 0.3) is 0 Å². The van der Waals surface area contributed by atoms with Crippen molar-refractivity contribution >= 4 is 11.6 Å². The fourth-order valence-corrected chi connectivity index (χ4v) is 4.02. The Hall–Kier alpha value is -1.43. The molecule has 1 heterocycles. The molecule has 0 aromatic heterocycles. The Labute approximate surface area is 156 Å². The number of fused-ring (bicyclic) bond motifs is 1. The van der Waals surface area contributed by atoms with Gasteiger partial charge < -0.3 is 20.1 Å². The third-order valence-electron chi connectivity index (χ3n) is 5.32. The number of amides is 1. The highest BCUT2D eigenvalue weighted by atomic mass is 16.5. The lowest BCUT2D eigenvalue weighted by molar-refractivity contribution is -0.117. The van der Waals surface area contributed by atoms with E-state index in [0.29, 0.717) is 31.8 Å². The monoisotopic (exact) mass is 360 g/mol. The van der Waals surface area contributed by atoms with Gasteiger partial charge in [0, 0.05) is 11.7 Å². The SMILES string of the molecule is CC(C)OCCOCc1cccc(NC(=O)C2CC3CCCCC3N2)c1. The van der Waals surface area contributed by atoms with Crippen LogP contribution in [0.15, 0.2) is 24.3 Å². The molecule has 1 aromatic rings. The highest BCUT2D eigenvalue weighted by Crippen LogP contribution is 2.33. The molecule has 2 N–H and O–H groups in total. The minimum Gasteiger partial charge on any atom is -0.376 e.